The molecule has 2 aliphatic heterocycles. The van der Waals surface area contributed by atoms with Crippen molar-refractivity contribution in [1.82, 2.24) is 15.2 Å². The number of likely N-dealkylation sites (tertiary alicyclic amines) is 1. The third-order valence-electron chi connectivity index (χ3n) is 6.12. The Morgan fingerprint density at radius 3 is 2.66 bits per heavy atom. The number of halogens is 1. The van der Waals surface area contributed by atoms with Gasteiger partial charge in [-0.2, -0.15) is 0 Å². The molecule has 4 rings (SSSR count). The second-order valence-electron chi connectivity index (χ2n) is 7.93. The zero-order chi connectivity index (χ0) is 20.1. The van der Waals surface area contributed by atoms with Gasteiger partial charge in [0.2, 0.25) is 0 Å². The van der Waals surface area contributed by atoms with E-state index in [2.05, 4.69) is 46.3 Å². The number of hydrogen-bond donors (Lipinski definition) is 1. The first-order valence-corrected chi connectivity index (χ1v) is 10.8. The van der Waals surface area contributed by atoms with Gasteiger partial charge in [0.15, 0.2) is 0 Å². The zero-order valence-electron chi connectivity index (χ0n) is 17.3. The quantitative estimate of drug-likeness (QED) is 0.840. The lowest BCUT2D eigenvalue weighted by Crippen LogP contribution is -2.32. The van der Waals surface area contributed by atoms with Crippen LogP contribution in [0.4, 0.5) is 10.2 Å². The molecule has 29 heavy (non-hydrogen) atoms. The van der Waals surface area contributed by atoms with Crippen molar-refractivity contribution in [1.29, 1.82) is 0 Å². The van der Waals surface area contributed by atoms with E-state index >= 15 is 0 Å². The van der Waals surface area contributed by atoms with Crippen LogP contribution in [-0.4, -0.2) is 49.2 Å². The molecule has 154 valence electrons. The van der Waals surface area contributed by atoms with Gasteiger partial charge in [-0.3, -0.25) is 0 Å². The second kappa shape index (κ2) is 9.40. The van der Waals surface area contributed by atoms with E-state index in [0.717, 1.165) is 75.6 Å². The van der Waals surface area contributed by atoms with Gasteiger partial charge in [-0.1, -0.05) is 30.3 Å². The number of nitrogens with zero attached hydrogens (tertiary/aromatic N) is 3. The molecule has 0 amide bonds. The summed E-state index contributed by atoms with van der Waals surface area (Å²) in [6, 6.07) is 13.6. The first-order chi connectivity index (χ1) is 14.3. The number of piperidine rings is 1. The van der Waals surface area contributed by atoms with Gasteiger partial charge < -0.3 is 15.1 Å². The molecule has 2 aliphatic rings. The molecule has 0 atom stereocenters. The van der Waals surface area contributed by atoms with Crippen molar-refractivity contribution >= 4 is 11.5 Å². The molecule has 0 bridgehead atoms. The Labute approximate surface area is 173 Å². The molecule has 0 radical (unpaired) electrons. The predicted octanol–water partition coefficient (Wildman–Crippen LogP) is 4.26. The molecular formula is C24H31FN4. The SMILES string of the molecule is C/C=C(/c1cccc(N2CCCNCC2)n1)N1CCC(c2ccccc2F)CC1. The molecule has 0 spiro atoms. The monoisotopic (exact) mass is 394 g/mol. The Balaban J connectivity index is 1.46. The van der Waals surface area contributed by atoms with E-state index < -0.39 is 0 Å². The molecule has 1 aromatic heterocycles. The summed E-state index contributed by atoms with van der Waals surface area (Å²) in [5.41, 5.74) is 3.09. The third kappa shape index (κ3) is 4.61. The van der Waals surface area contributed by atoms with Gasteiger partial charge in [0.1, 0.15) is 11.6 Å². The van der Waals surface area contributed by atoms with Crippen LogP contribution < -0.4 is 10.2 Å². The van der Waals surface area contributed by atoms with E-state index in [0.29, 0.717) is 5.92 Å². The van der Waals surface area contributed by atoms with Gasteiger partial charge in [0.25, 0.3) is 0 Å². The maximum Gasteiger partial charge on any atom is 0.129 e. The Morgan fingerprint density at radius 2 is 1.86 bits per heavy atom. The lowest BCUT2D eigenvalue weighted by Gasteiger charge is -2.35. The van der Waals surface area contributed by atoms with Gasteiger partial charge in [-0.15, -0.1) is 0 Å². The van der Waals surface area contributed by atoms with Crippen LogP contribution in [0, 0.1) is 5.82 Å². The summed E-state index contributed by atoms with van der Waals surface area (Å²) in [6.45, 7) is 8.07. The number of benzene rings is 1. The average molecular weight is 395 g/mol. The lowest BCUT2D eigenvalue weighted by atomic mass is 9.88. The summed E-state index contributed by atoms with van der Waals surface area (Å²) >= 11 is 0. The van der Waals surface area contributed by atoms with Crippen molar-refractivity contribution in [3.8, 4) is 0 Å². The van der Waals surface area contributed by atoms with Gasteiger partial charge in [-0.25, -0.2) is 9.37 Å². The summed E-state index contributed by atoms with van der Waals surface area (Å²) in [5, 5.41) is 3.45. The number of allylic oxidation sites excluding steroid dienone is 1. The Morgan fingerprint density at radius 1 is 1.03 bits per heavy atom. The van der Waals surface area contributed by atoms with Gasteiger partial charge >= 0.3 is 0 Å². The van der Waals surface area contributed by atoms with Gasteiger partial charge in [0.05, 0.1) is 11.4 Å². The molecule has 0 aliphatic carbocycles. The molecule has 4 nitrogen and oxygen atoms in total. The fourth-order valence-corrected chi connectivity index (χ4v) is 4.55. The first-order valence-electron chi connectivity index (χ1n) is 10.8. The highest BCUT2D eigenvalue weighted by Crippen LogP contribution is 2.33. The topological polar surface area (TPSA) is 31.4 Å². The summed E-state index contributed by atoms with van der Waals surface area (Å²) in [4.78, 5) is 9.79. The number of anilines is 1. The molecule has 5 heteroatoms. The van der Waals surface area contributed by atoms with Crippen molar-refractivity contribution in [2.75, 3.05) is 44.2 Å². The smallest absolute Gasteiger partial charge is 0.129 e. The van der Waals surface area contributed by atoms with Crippen LogP contribution in [0.15, 0.2) is 48.5 Å². The number of rotatable bonds is 4. The molecule has 2 aromatic rings. The largest absolute Gasteiger partial charge is 0.370 e. The molecule has 2 fully saturated rings. The molecule has 2 saturated heterocycles. The maximum absolute atomic E-state index is 14.2. The summed E-state index contributed by atoms with van der Waals surface area (Å²) in [6.07, 6.45) is 5.25. The van der Waals surface area contributed by atoms with Crippen molar-refractivity contribution in [3.63, 3.8) is 0 Å². The Hall–Kier alpha value is -2.40. The second-order valence-corrected chi connectivity index (χ2v) is 7.93. The number of pyridine rings is 1. The number of aromatic nitrogens is 1. The predicted molar refractivity (Wildman–Crippen MR) is 118 cm³/mol. The molecule has 0 unspecified atom stereocenters. The summed E-state index contributed by atoms with van der Waals surface area (Å²) < 4.78 is 14.2. The van der Waals surface area contributed by atoms with E-state index in [1.807, 2.05) is 12.1 Å². The highest BCUT2D eigenvalue weighted by Gasteiger charge is 2.24. The number of hydrogen-bond acceptors (Lipinski definition) is 4. The Bertz CT molecular complexity index is 834. The van der Waals surface area contributed by atoms with E-state index in [-0.39, 0.29) is 5.82 Å². The van der Waals surface area contributed by atoms with Gasteiger partial charge in [-0.05, 0) is 62.4 Å². The lowest BCUT2D eigenvalue weighted by molar-refractivity contribution is 0.294. The molecular weight excluding hydrogens is 363 g/mol. The van der Waals surface area contributed by atoms with Crippen LogP contribution >= 0.6 is 0 Å². The normalized spacial score (nSPS) is 19.3. The Kier molecular flexibility index (Phi) is 6.45. The fourth-order valence-electron chi connectivity index (χ4n) is 4.55. The fraction of sp³-hybridized carbons (Fsp3) is 0.458. The summed E-state index contributed by atoms with van der Waals surface area (Å²) in [7, 11) is 0. The highest BCUT2D eigenvalue weighted by atomic mass is 19.1. The molecule has 3 heterocycles. The van der Waals surface area contributed by atoms with Crippen LogP contribution in [0.1, 0.15) is 43.4 Å². The van der Waals surface area contributed by atoms with Crippen molar-refractivity contribution in [3.05, 3.63) is 65.6 Å². The summed E-state index contributed by atoms with van der Waals surface area (Å²) in [5.74, 6) is 1.29. The van der Waals surface area contributed by atoms with E-state index in [1.54, 1.807) is 12.1 Å². The van der Waals surface area contributed by atoms with Crippen LogP contribution in [0.25, 0.3) is 5.70 Å². The highest BCUT2D eigenvalue weighted by molar-refractivity contribution is 5.62. The van der Waals surface area contributed by atoms with E-state index in [1.165, 1.54) is 5.70 Å². The minimum absolute atomic E-state index is 0.0708. The first kappa shape index (κ1) is 19.9. The number of nitrogens with one attached hydrogen (secondary N) is 1. The maximum atomic E-state index is 14.2. The molecule has 1 N–H and O–H groups in total. The zero-order valence-corrected chi connectivity index (χ0v) is 17.3. The van der Waals surface area contributed by atoms with Crippen LogP contribution in [0.3, 0.4) is 0 Å². The average Bonchev–Trinajstić information content (AvgIpc) is 3.05. The molecule has 0 saturated carbocycles. The third-order valence-corrected chi connectivity index (χ3v) is 6.12. The minimum Gasteiger partial charge on any atom is -0.370 e. The van der Waals surface area contributed by atoms with E-state index in [4.69, 9.17) is 4.98 Å². The van der Waals surface area contributed by atoms with E-state index in [9.17, 15) is 4.39 Å². The van der Waals surface area contributed by atoms with Gasteiger partial charge in [0, 0.05) is 32.7 Å². The van der Waals surface area contributed by atoms with Crippen LogP contribution in [-0.2, 0) is 0 Å². The van der Waals surface area contributed by atoms with Crippen LogP contribution in [0.2, 0.25) is 0 Å². The van der Waals surface area contributed by atoms with Crippen molar-refractivity contribution < 1.29 is 4.39 Å². The van der Waals surface area contributed by atoms with Crippen molar-refractivity contribution in [2.45, 2.75) is 32.1 Å². The van der Waals surface area contributed by atoms with Crippen LogP contribution in [0.5, 0.6) is 0 Å². The van der Waals surface area contributed by atoms with Crippen molar-refractivity contribution in [2.24, 2.45) is 0 Å². The minimum atomic E-state index is -0.0708. The molecule has 1 aromatic carbocycles. The standard InChI is InChI=1S/C24H31FN4/c1-2-23(22-9-5-10-24(27-22)29-15-6-13-26-14-18-29)28-16-11-19(12-17-28)20-7-3-4-8-21(20)25/h2-5,7-10,19,26H,6,11-18H2,1H3/b23-2-.